The average Bonchev–Trinajstić information content (AvgIpc) is 3.19. The average molecular weight is 468 g/mol. The quantitative estimate of drug-likeness (QED) is 0.344. The zero-order chi connectivity index (χ0) is 24.1. The number of carbonyl (C=O) groups excluding carboxylic acids is 2. The molecule has 0 fully saturated rings. The number of nitrogens with zero attached hydrogens (tertiary/aromatic N) is 3. The van der Waals surface area contributed by atoms with Crippen LogP contribution in [0.1, 0.15) is 56.2 Å². The van der Waals surface area contributed by atoms with Crippen LogP contribution in [0.2, 0.25) is 0 Å². The Kier molecular flexibility index (Phi) is 7.58. The molecule has 0 aliphatic carbocycles. The lowest BCUT2D eigenvalue weighted by molar-refractivity contribution is -0.156. The smallest absolute Gasteiger partial charge is 0.338 e. The van der Waals surface area contributed by atoms with Crippen LogP contribution in [0.5, 0.6) is 0 Å². The summed E-state index contributed by atoms with van der Waals surface area (Å²) >= 11 is 1.38. The summed E-state index contributed by atoms with van der Waals surface area (Å²) in [4.78, 5) is 25.7. The van der Waals surface area contributed by atoms with Crippen LogP contribution in [0, 0.1) is 0 Å². The molecule has 8 heteroatoms. The van der Waals surface area contributed by atoms with Gasteiger partial charge in [-0.15, -0.1) is 16.9 Å². The first kappa shape index (κ1) is 24.5. The molecule has 0 atom stereocenters. The number of carbonyl (C=O) groups is 2. The summed E-state index contributed by atoms with van der Waals surface area (Å²) in [6, 6.07) is 16.9. The summed E-state index contributed by atoms with van der Waals surface area (Å²) in [5.74, 6) is -0.737. The van der Waals surface area contributed by atoms with E-state index in [1.54, 1.807) is 35.1 Å². The lowest BCUT2D eigenvalue weighted by Gasteiger charge is -2.28. The number of hydrogen-bond donors (Lipinski definition) is 0. The maximum absolute atomic E-state index is 12.5. The van der Waals surface area contributed by atoms with Crippen molar-refractivity contribution in [2.24, 2.45) is 0 Å². The molecule has 0 bridgehead atoms. The van der Waals surface area contributed by atoms with Crippen LogP contribution in [-0.4, -0.2) is 37.3 Å². The first-order valence-corrected chi connectivity index (χ1v) is 11.5. The second-order valence-electron chi connectivity index (χ2n) is 9.11. The van der Waals surface area contributed by atoms with Crippen molar-refractivity contribution in [2.75, 3.05) is 0 Å². The van der Waals surface area contributed by atoms with Crippen LogP contribution < -0.4 is 0 Å². The fraction of sp³-hybridized carbons (Fsp3) is 0.360. The summed E-state index contributed by atoms with van der Waals surface area (Å²) < 4.78 is 11.8. The van der Waals surface area contributed by atoms with Crippen molar-refractivity contribution in [1.82, 2.24) is 15.0 Å². The fourth-order valence-electron chi connectivity index (χ4n) is 2.87. The summed E-state index contributed by atoms with van der Waals surface area (Å²) in [6.45, 7) is 9.80. The van der Waals surface area contributed by atoms with E-state index >= 15 is 0 Å². The van der Waals surface area contributed by atoms with Crippen molar-refractivity contribution in [3.63, 3.8) is 0 Å². The van der Waals surface area contributed by atoms with Gasteiger partial charge in [-0.3, -0.25) is 4.79 Å². The molecule has 0 N–H and O–H groups in total. The van der Waals surface area contributed by atoms with Crippen molar-refractivity contribution in [1.29, 1.82) is 0 Å². The third-order valence-electron chi connectivity index (χ3n) is 4.48. The van der Waals surface area contributed by atoms with Crippen molar-refractivity contribution in [3.8, 4) is 0 Å². The van der Waals surface area contributed by atoms with Crippen molar-refractivity contribution in [3.05, 3.63) is 77.6 Å². The highest BCUT2D eigenvalue weighted by atomic mass is 32.2. The maximum atomic E-state index is 12.5. The lowest BCUT2D eigenvalue weighted by atomic mass is 10.1. The van der Waals surface area contributed by atoms with Gasteiger partial charge in [0.2, 0.25) is 0 Å². The monoisotopic (exact) mass is 467 g/mol. The second-order valence-corrected chi connectivity index (χ2v) is 10.8. The van der Waals surface area contributed by atoms with Gasteiger partial charge in [-0.25, -0.2) is 9.48 Å². The Bertz CT molecular complexity index is 1090. The predicted molar refractivity (Wildman–Crippen MR) is 127 cm³/mol. The molecule has 174 valence electrons. The molecule has 0 saturated heterocycles. The van der Waals surface area contributed by atoms with Crippen molar-refractivity contribution < 1.29 is 19.1 Å². The molecule has 0 aliphatic heterocycles. The highest BCUT2D eigenvalue weighted by Crippen LogP contribution is 2.34. The minimum atomic E-state index is -0.763. The number of hydrogen-bond acceptors (Lipinski definition) is 7. The molecule has 33 heavy (non-hydrogen) atoms. The van der Waals surface area contributed by atoms with Gasteiger partial charge in [0.15, 0.2) is 0 Å². The molecule has 0 spiro atoms. The zero-order valence-electron chi connectivity index (χ0n) is 19.6. The van der Waals surface area contributed by atoms with Gasteiger partial charge in [0.05, 0.1) is 18.3 Å². The van der Waals surface area contributed by atoms with Crippen molar-refractivity contribution in [2.45, 2.75) is 63.0 Å². The minimum Gasteiger partial charge on any atom is -0.459 e. The third kappa shape index (κ3) is 7.46. The molecule has 0 unspecified atom stereocenters. The molecule has 0 saturated carbocycles. The highest BCUT2D eigenvalue weighted by Gasteiger charge is 2.33. The highest BCUT2D eigenvalue weighted by molar-refractivity contribution is 8.01. The van der Waals surface area contributed by atoms with Crippen LogP contribution in [0.4, 0.5) is 0 Å². The van der Waals surface area contributed by atoms with Gasteiger partial charge >= 0.3 is 11.9 Å². The molecule has 2 aromatic carbocycles. The molecule has 0 amide bonds. The SMILES string of the molecule is CC(C)(C)OC(=O)C(C)(C)Sc1ccc(C(=O)OCc2cn(Cc3ccccc3)nn2)cc1. The van der Waals surface area contributed by atoms with Crippen molar-refractivity contribution >= 4 is 23.7 Å². The standard InChI is InChI=1S/C25H29N3O4S/c1-24(2,3)32-23(30)25(4,5)33-21-13-11-19(12-14-21)22(29)31-17-20-16-28(27-26-20)15-18-9-7-6-8-10-18/h6-14,16H,15,17H2,1-5H3. The number of esters is 2. The lowest BCUT2D eigenvalue weighted by Crippen LogP contribution is -2.36. The van der Waals surface area contributed by atoms with Gasteiger partial charge in [-0.1, -0.05) is 35.5 Å². The van der Waals surface area contributed by atoms with E-state index in [0.717, 1.165) is 10.5 Å². The summed E-state index contributed by atoms with van der Waals surface area (Å²) in [5, 5.41) is 8.14. The number of thioether (sulfide) groups is 1. The van der Waals surface area contributed by atoms with Crippen LogP contribution in [0.3, 0.4) is 0 Å². The third-order valence-corrected chi connectivity index (χ3v) is 5.66. The Morgan fingerprint density at radius 3 is 2.27 bits per heavy atom. The number of ether oxygens (including phenoxy) is 2. The molecular formula is C25H29N3O4S. The number of rotatable bonds is 8. The van der Waals surface area contributed by atoms with Crippen LogP contribution >= 0.6 is 11.8 Å². The fourth-order valence-corrected chi connectivity index (χ4v) is 3.86. The van der Waals surface area contributed by atoms with Gasteiger partial charge in [-0.2, -0.15) is 0 Å². The van der Waals surface area contributed by atoms with E-state index < -0.39 is 16.3 Å². The van der Waals surface area contributed by atoms with E-state index in [-0.39, 0.29) is 12.6 Å². The van der Waals surface area contributed by atoms with Crippen LogP contribution in [0.25, 0.3) is 0 Å². The first-order valence-electron chi connectivity index (χ1n) is 10.6. The number of aromatic nitrogens is 3. The molecule has 7 nitrogen and oxygen atoms in total. The molecule has 1 aromatic heterocycles. The Labute approximate surface area is 198 Å². The van der Waals surface area contributed by atoms with E-state index in [1.165, 1.54) is 11.8 Å². The second kappa shape index (κ2) is 10.2. The maximum Gasteiger partial charge on any atom is 0.338 e. The van der Waals surface area contributed by atoms with Gasteiger partial charge in [0.1, 0.15) is 22.6 Å². The van der Waals surface area contributed by atoms with Crippen LogP contribution in [0.15, 0.2) is 65.7 Å². The van der Waals surface area contributed by atoms with E-state index in [4.69, 9.17) is 9.47 Å². The van der Waals surface area contributed by atoms with Gasteiger partial charge in [-0.05, 0) is 64.4 Å². The van der Waals surface area contributed by atoms with Gasteiger partial charge < -0.3 is 9.47 Å². The molecular weight excluding hydrogens is 438 g/mol. The first-order chi connectivity index (χ1) is 15.5. The zero-order valence-corrected chi connectivity index (χ0v) is 20.4. The predicted octanol–water partition coefficient (Wildman–Crippen LogP) is 4.90. The van der Waals surface area contributed by atoms with E-state index in [2.05, 4.69) is 10.3 Å². The van der Waals surface area contributed by atoms with E-state index in [1.807, 2.05) is 65.0 Å². The Morgan fingerprint density at radius 1 is 0.970 bits per heavy atom. The van der Waals surface area contributed by atoms with E-state index in [0.29, 0.717) is 17.8 Å². The summed E-state index contributed by atoms with van der Waals surface area (Å²) in [6.07, 6.45) is 1.76. The summed E-state index contributed by atoms with van der Waals surface area (Å²) in [5.41, 5.74) is 1.56. The molecule has 3 rings (SSSR count). The topological polar surface area (TPSA) is 83.3 Å². The molecule has 3 aromatic rings. The number of benzene rings is 2. The molecule has 1 heterocycles. The Morgan fingerprint density at radius 2 is 1.64 bits per heavy atom. The van der Waals surface area contributed by atoms with Crippen LogP contribution in [-0.2, 0) is 27.4 Å². The molecule has 0 aliphatic rings. The van der Waals surface area contributed by atoms with Gasteiger partial charge in [0.25, 0.3) is 0 Å². The van der Waals surface area contributed by atoms with E-state index in [9.17, 15) is 9.59 Å². The molecule has 0 radical (unpaired) electrons. The normalized spacial score (nSPS) is 11.8. The van der Waals surface area contributed by atoms with Gasteiger partial charge in [0, 0.05) is 4.90 Å². The Hall–Kier alpha value is -3.13. The largest absolute Gasteiger partial charge is 0.459 e. The minimum absolute atomic E-state index is 0.0375. The Balaban J connectivity index is 1.53. The summed E-state index contributed by atoms with van der Waals surface area (Å²) in [7, 11) is 0.